The highest BCUT2D eigenvalue weighted by molar-refractivity contribution is 7.14. The molecule has 1 aromatic heterocycles. The van der Waals surface area contributed by atoms with Crippen LogP contribution in [0.5, 0.6) is 0 Å². The topological polar surface area (TPSA) is 43.8 Å². The van der Waals surface area contributed by atoms with Gasteiger partial charge in [0.2, 0.25) is 5.13 Å². The first-order valence-corrected chi connectivity index (χ1v) is 11.0. The Balaban J connectivity index is 1.32. The van der Waals surface area contributed by atoms with E-state index in [0.29, 0.717) is 0 Å². The lowest BCUT2D eigenvalue weighted by atomic mass is 10.1. The third kappa shape index (κ3) is 5.50. The maximum Gasteiger partial charge on any atom is 0.203 e. The van der Waals surface area contributed by atoms with Gasteiger partial charge in [-0.3, -0.25) is 10.3 Å². The van der Waals surface area contributed by atoms with Gasteiger partial charge in [-0.2, -0.15) is 5.10 Å². The molecule has 1 N–H and O–H groups in total. The van der Waals surface area contributed by atoms with Gasteiger partial charge in [-0.15, -0.1) is 11.3 Å². The van der Waals surface area contributed by atoms with E-state index in [-0.39, 0.29) is 0 Å². The number of rotatable bonds is 7. The molecule has 0 bridgehead atoms. The number of thiazole rings is 1. The molecule has 1 fully saturated rings. The van der Waals surface area contributed by atoms with Crippen LogP contribution in [0.2, 0.25) is 0 Å². The van der Waals surface area contributed by atoms with Gasteiger partial charge in [0.1, 0.15) is 0 Å². The molecule has 0 aliphatic carbocycles. The molecule has 1 aliphatic rings. The molecule has 0 spiro atoms. The fourth-order valence-corrected chi connectivity index (χ4v) is 4.19. The maximum absolute atomic E-state index is 4.60. The Bertz CT molecular complexity index is 929. The Labute approximate surface area is 176 Å². The van der Waals surface area contributed by atoms with Gasteiger partial charge in [-0.05, 0) is 23.7 Å². The first-order valence-electron chi connectivity index (χ1n) is 10.1. The van der Waals surface area contributed by atoms with E-state index in [1.165, 1.54) is 18.7 Å². The van der Waals surface area contributed by atoms with Crippen molar-refractivity contribution < 1.29 is 0 Å². The summed E-state index contributed by atoms with van der Waals surface area (Å²) in [6.45, 7) is 9.00. The van der Waals surface area contributed by atoms with Crippen molar-refractivity contribution in [1.29, 1.82) is 0 Å². The highest BCUT2D eigenvalue weighted by Gasteiger charge is 2.15. The van der Waals surface area contributed by atoms with Crippen LogP contribution in [-0.2, 0) is 6.54 Å². The lowest BCUT2D eigenvalue weighted by Crippen LogP contribution is -2.45. The van der Waals surface area contributed by atoms with E-state index in [2.05, 4.69) is 68.6 Å². The van der Waals surface area contributed by atoms with Crippen molar-refractivity contribution in [3.63, 3.8) is 0 Å². The highest BCUT2D eigenvalue weighted by atomic mass is 32.1. The molecule has 29 heavy (non-hydrogen) atoms. The second-order valence-electron chi connectivity index (χ2n) is 7.23. The number of anilines is 1. The largest absolute Gasteiger partial charge is 0.301 e. The number of aromatic nitrogens is 1. The van der Waals surface area contributed by atoms with Gasteiger partial charge in [-0.25, -0.2) is 4.98 Å². The lowest BCUT2D eigenvalue weighted by molar-refractivity contribution is 0.132. The average Bonchev–Trinajstić information content (AvgIpc) is 3.24. The van der Waals surface area contributed by atoms with E-state index in [1.807, 2.05) is 29.8 Å². The molecular formula is C23H27N5S. The highest BCUT2D eigenvalue weighted by Crippen LogP contribution is 2.24. The average molecular weight is 406 g/mol. The minimum atomic E-state index is 0.796. The maximum atomic E-state index is 4.60. The summed E-state index contributed by atoms with van der Waals surface area (Å²) in [5.74, 6) is 0. The van der Waals surface area contributed by atoms with Crippen molar-refractivity contribution in [3.8, 4) is 11.3 Å². The van der Waals surface area contributed by atoms with Crippen LogP contribution in [0.4, 0.5) is 5.13 Å². The van der Waals surface area contributed by atoms with Crippen LogP contribution in [0.15, 0.2) is 65.1 Å². The summed E-state index contributed by atoms with van der Waals surface area (Å²) in [4.78, 5) is 9.64. The van der Waals surface area contributed by atoms with E-state index >= 15 is 0 Å². The molecule has 0 radical (unpaired) electrons. The predicted molar refractivity (Wildman–Crippen MR) is 123 cm³/mol. The van der Waals surface area contributed by atoms with Crippen LogP contribution in [0.1, 0.15) is 18.1 Å². The molecule has 2 heterocycles. The number of piperazine rings is 1. The van der Waals surface area contributed by atoms with Crippen LogP contribution >= 0.6 is 11.3 Å². The predicted octanol–water partition coefficient (Wildman–Crippen LogP) is 4.39. The SMILES string of the molecule is CCN1CCN(Cc2cccc(C=NNc3nc(-c4ccccc4)cs3)c2)CC1. The van der Waals surface area contributed by atoms with Gasteiger partial charge in [0, 0.05) is 43.7 Å². The molecule has 2 aromatic carbocycles. The summed E-state index contributed by atoms with van der Waals surface area (Å²) in [6, 6.07) is 18.8. The van der Waals surface area contributed by atoms with Crippen molar-refractivity contribution >= 4 is 22.7 Å². The van der Waals surface area contributed by atoms with E-state index < -0.39 is 0 Å². The summed E-state index contributed by atoms with van der Waals surface area (Å²) in [7, 11) is 0. The second-order valence-corrected chi connectivity index (χ2v) is 8.09. The van der Waals surface area contributed by atoms with E-state index in [4.69, 9.17) is 0 Å². The van der Waals surface area contributed by atoms with Gasteiger partial charge in [0.15, 0.2) is 0 Å². The lowest BCUT2D eigenvalue weighted by Gasteiger charge is -2.34. The normalized spacial score (nSPS) is 15.8. The Kier molecular flexibility index (Phi) is 6.67. The molecule has 0 saturated carbocycles. The molecular weight excluding hydrogens is 378 g/mol. The second kappa shape index (κ2) is 9.78. The summed E-state index contributed by atoms with van der Waals surface area (Å²) in [6.07, 6.45) is 1.86. The molecule has 1 saturated heterocycles. The van der Waals surface area contributed by atoms with Crippen molar-refractivity contribution in [3.05, 3.63) is 71.1 Å². The fraction of sp³-hybridized carbons (Fsp3) is 0.304. The molecule has 4 rings (SSSR count). The van der Waals surface area contributed by atoms with Crippen LogP contribution in [0, 0.1) is 0 Å². The Morgan fingerprint density at radius 3 is 2.62 bits per heavy atom. The van der Waals surface area contributed by atoms with Crippen LogP contribution < -0.4 is 5.43 Å². The van der Waals surface area contributed by atoms with Crippen LogP contribution in [0.3, 0.4) is 0 Å². The van der Waals surface area contributed by atoms with Gasteiger partial charge in [0.25, 0.3) is 0 Å². The summed E-state index contributed by atoms with van der Waals surface area (Å²) < 4.78 is 0. The smallest absolute Gasteiger partial charge is 0.203 e. The quantitative estimate of drug-likeness (QED) is 0.468. The Morgan fingerprint density at radius 1 is 1.03 bits per heavy atom. The molecule has 5 nitrogen and oxygen atoms in total. The van der Waals surface area contributed by atoms with Gasteiger partial charge in [-0.1, -0.05) is 55.5 Å². The number of benzene rings is 2. The molecule has 0 unspecified atom stereocenters. The van der Waals surface area contributed by atoms with Gasteiger partial charge < -0.3 is 4.90 Å². The molecule has 0 atom stereocenters. The van der Waals surface area contributed by atoms with Crippen LogP contribution in [0.25, 0.3) is 11.3 Å². The summed E-state index contributed by atoms with van der Waals surface area (Å²) in [5.41, 5.74) is 7.58. The first-order chi connectivity index (χ1) is 14.3. The fourth-order valence-electron chi connectivity index (χ4n) is 3.52. The zero-order chi connectivity index (χ0) is 19.9. The minimum absolute atomic E-state index is 0.796. The van der Waals surface area contributed by atoms with Crippen LogP contribution in [-0.4, -0.2) is 53.7 Å². The van der Waals surface area contributed by atoms with Gasteiger partial charge >= 0.3 is 0 Å². The Morgan fingerprint density at radius 2 is 1.83 bits per heavy atom. The zero-order valence-electron chi connectivity index (χ0n) is 16.8. The number of likely N-dealkylation sites (N-methyl/N-ethyl adjacent to an activating group) is 1. The number of nitrogens with one attached hydrogen (secondary N) is 1. The molecule has 150 valence electrons. The van der Waals surface area contributed by atoms with Crippen molar-refractivity contribution in [2.24, 2.45) is 5.10 Å². The first kappa shape index (κ1) is 19.8. The summed E-state index contributed by atoms with van der Waals surface area (Å²) in [5, 5.41) is 7.22. The van der Waals surface area contributed by atoms with E-state index in [0.717, 1.165) is 48.1 Å². The van der Waals surface area contributed by atoms with Crippen molar-refractivity contribution in [2.75, 3.05) is 38.1 Å². The molecule has 0 amide bonds. The standard InChI is InChI=1S/C23H27N5S/c1-2-27-11-13-28(14-12-27)17-20-8-6-7-19(15-20)16-24-26-23-25-22(18-29-23)21-9-4-3-5-10-21/h3-10,15-16,18H,2,11-14,17H2,1H3,(H,25,26). The number of nitrogens with zero attached hydrogens (tertiary/aromatic N) is 4. The monoisotopic (exact) mass is 405 g/mol. The van der Waals surface area contributed by atoms with Crippen molar-refractivity contribution in [1.82, 2.24) is 14.8 Å². The number of hydrogen-bond acceptors (Lipinski definition) is 6. The number of hydrogen-bond donors (Lipinski definition) is 1. The Hall–Kier alpha value is -2.54. The zero-order valence-corrected chi connectivity index (χ0v) is 17.6. The third-order valence-corrected chi connectivity index (χ3v) is 5.96. The van der Waals surface area contributed by atoms with Crippen molar-refractivity contribution in [2.45, 2.75) is 13.5 Å². The number of hydrazone groups is 1. The molecule has 1 aliphatic heterocycles. The van der Waals surface area contributed by atoms with E-state index in [9.17, 15) is 0 Å². The van der Waals surface area contributed by atoms with E-state index in [1.54, 1.807) is 11.3 Å². The molecule has 3 aromatic rings. The third-order valence-electron chi connectivity index (χ3n) is 5.22. The van der Waals surface area contributed by atoms with Gasteiger partial charge in [0.05, 0.1) is 11.9 Å². The molecule has 6 heteroatoms. The summed E-state index contributed by atoms with van der Waals surface area (Å²) >= 11 is 1.56. The minimum Gasteiger partial charge on any atom is -0.301 e.